The van der Waals surface area contributed by atoms with Gasteiger partial charge in [-0.15, -0.1) is 0 Å². The summed E-state index contributed by atoms with van der Waals surface area (Å²) in [6, 6.07) is 21.4. The number of amides is 2. The molecule has 0 spiro atoms. The molecule has 1 fully saturated rings. The number of hydrogen-bond acceptors (Lipinski definition) is 3. The van der Waals surface area contributed by atoms with Gasteiger partial charge in [-0.3, -0.25) is 14.5 Å². The van der Waals surface area contributed by atoms with Crippen LogP contribution in [0.5, 0.6) is 0 Å². The van der Waals surface area contributed by atoms with E-state index >= 15 is 0 Å². The number of aromatic nitrogens is 1. The number of carbonyl (C=O) groups excluding carboxylic acids is 2. The molecule has 1 saturated heterocycles. The number of thioether (sulfide) groups is 1. The summed E-state index contributed by atoms with van der Waals surface area (Å²) in [5.74, 6) is -0.278. The lowest BCUT2D eigenvalue weighted by atomic mass is 10.1. The topological polar surface area (TPSA) is 42.3 Å². The zero-order chi connectivity index (χ0) is 23.8. The molecule has 4 aromatic rings. The van der Waals surface area contributed by atoms with Crippen molar-refractivity contribution < 1.29 is 9.59 Å². The van der Waals surface area contributed by atoms with Crippen LogP contribution < -0.4 is 0 Å². The normalized spacial score (nSPS) is 15.1. The highest BCUT2D eigenvalue weighted by Gasteiger charge is 2.35. The standard InChI is InChI=1S/C26H17Br2ClN2O2S/c27-19-7-5-16(6-8-19)13-31-25(32)24(34-26(31)33)11-18-15-30(14-17-3-1-2-4-22(17)29)23-10-9-20(28)12-21(18)23/h1-12,15H,13-14H2/b24-11-. The van der Waals surface area contributed by atoms with Crippen LogP contribution in [0.25, 0.3) is 17.0 Å². The molecule has 170 valence electrons. The molecule has 0 unspecified atom stereocenters. The number of benzene rings is 3. The van der Waals surface area contributed by atoms with E-state index in [4.69, 9.17) is 11.6 Å². The Bertz CT molecular complexity index is 1460. The number of fused-ring (bicyclic) bond motifs is 1. The summed E-state index contributed by atoms with van der Waals surface area (Å²) in [5.41, 5.74) is 3.79. The van der Waals surface area contributed by atoms with Gasteiger partial charge in [0.05, 0.1) is 11.4 Å². The molecular weight excluding hydrogens is 600 g/mol. The minimum Gasteiger partial charge on any atom is -0.342 e. The van der Waals surface area contributed by atoms with E-state index in [0.717, 1.165) is 48.3 Å². The van der Waals surface area contributed by atoms with Gasteiger partial charge >= 0.3 is 0 Å². The van der Waals surface area contributed by atoms with Crippen LogP contribution in [0.1, 0.15) is 16.7 Å². The highest BCUT2D eigenvalue weighted by atomic mass is 79.9. The molecule has 5 rings (SSSR count). The highest BCUT2D eigenvalue weighted by Crippen LogP contribution is 2.36. The first kappa shape index (κ1) is 23.4. The Labute approximate surface area is 222 Å². The van der Waals surface area contributed by atoms with Crippen LogP contribution in [-0.4, -0.2) is 20.6 Å². The van der Waals surface area contributed by atoms with Crippen LogP contribution in [0.2, 0.25) is 5.02 Å². The molecule has 8 heteroatoms. The van der Waals surface area contributed by atoms with Crippen molar-refractivity contribution in [3.05, 3.63) is 108 Å². The average molecular weight is 617 g/mol. The Morgan fingerprint density at radius 1 is 0.912 bits per heavy atom. The van der Waals surface area contributed by atoms with Crippen molar-refractivity contribution >= 4 is 83.3 Å². The largest absolute Gasteiger partial charge is 0.342 e. The zero-order valence-electron chi connectivity index (χ0n) is 17.7. The average Bonchev–Trinajstić information content (AvgIpc) is 3.28. The van der Waals surface area contributed by atoms with Crippen molar-refractivity contribution in [2.45, 2.75) is 13.1 Å². The summed E-state index contributed by atoms with van der Waals surface area (Å²) < 4.78 is 4.00. The van der Waals surface area contributed by atoms with Gasteiger partial charge in [-0.05, 0) is 65.4 Å². The van der Waals surface area contributed by atoms with Gasteiger partial charge in [0.15, 0.2) is 0 Å². The lowest BCUT2D eigenvalue weighted by Crippen LogP contribution is -2.27. The number of carbonyl (C=O) groups is 2. The van der Waals surface area contributed by atoms with Crippen LogP contribution >= 0.6 is 55.2 Å². The molecule has 1 aliphatic heterocycles. The molecule has 0 bridgehead atoms. The van der Waals surface area contributed by atoms with Gasteiger partial charge in [-0.25, -0.2) is 0 Å². The van der Waals surface area contributed by atoms with E-state index in [0.29, 0.717) is 16.5 Å². The molecule has 0 aliphatic carbocycles. The third-order valence-electron chi connectivity index (χ3n) is 5.59. The van der Waals surface area contributed by atoms with Gasteiger partial charge < -0.3 is 4.57 Å². The van der Waals surface area contributed by atoms with Crippen molar-refractivity contribution in [2.24, 2.45) is 0 Å². The van der Waals surface area contributed by atoms with Gasteiger partial charge in [0.25, 0.3) is 11.1 Å². The molecule has 2 heterocycles. The van der Waals surface area contributed by atoms with Crippen LogP contribution in [0.15, 0.2) is 86.8 Å². The minimum absolute atomic E-state index is 0.245. The van der Waals surface area contributed by atoms with Gasteiger partial charge in [0.1, 0.15) is 0 Å². The molecule has 3 aromatic carbocycles. The maximum Gasteiger partial charge on any atom is 0.293 e. The maximum absolute atomic E-state index is 13.1. The lowest BCUT2D eigenvalue weighted by Gasteiger charge is -2.12. The van der Waals surface area contributed by atoms with Gasteiger partial charge in [-0.2, -0.15) is 0 Å². The van der Waals surface area contributed by atoms with E-state index in [1.807, 2.05) is 79.0 Å². The van der Waals surface area contributed by atoms with Gasteiger partial charge in [0.2, 0.25) is 0 Å². The molecule has 1 aliphatic rings. The van der Waals surface area contributed by atoms with Crippen molar-refractivity contribution in [1.29, 1.82) is 0 Å². The summed E-state index contributed by atoms with van der Waals surface area (Å²) >= 11 is 14.3. The number of hydrogen-bond donors (Lipinski definition) is 0. The fourth-order valence-electron chi connectivity index (χ4n) is 3.90. The van der Waals surface area contributed by atoms with Crippen LogP contribution in [-0.2, 0) is 17.9 Å². The maximum atomic E-state index is 13.1. The molecule has 0 atom stereocenters. The van der Waals surface area contributed by atoms with Gasteiger partial charge in [-0.1, -0.05) is 73.8 Å². The van der Waals surface area contributed by atoms with E-state index in [1.54, 1.807) is 0 Å². The van der Waals surface area contributed by atoms with E-state index in [9.17, 15) is 9.59 Å². The molecule has 4 nitrogen and oxygen atoms in total. The number of rotatable bonds is 5. The monoisotopic (exact) mass is 614 g/mol. The van der Waals surface area contributed by atoms with E-state index < -0.39 is 0 Å². The summed E-state index contributed by atoms with van der Waals surface area (Å²) in [6.07, 6.45) is 3.81. The van der Waals surface area contributed by atoms with Crippen molar-refractivity contribution in [3.8, 4) is 0 Å². The molecule has 0 N–H and O–H groups in total. The van der Waals surface area contributed by atoms with Gasteiger partial charge in [0, 0.05) is 43.2 Å². The quantitative estimate of drug-likeness (QED) is 0.213. The lowest BCUT2D eigenvalue weighted by molar-refractivity contribution is -0.123. The SMILES string of the molecule is O=C1S/C(=C\c2cn(Cc3ccccc3Cl)c3ccc(Br)cc23)C(=O)N1Cc1ccc(Br)cc1. The predicted octanol–water partition coefficient (Wildman–Crippen LogP) is 8.10. The molecule has 2 amide bonds. The molecular formula is C26H17Br2ClN2O2S. The first-order valence-corrected chi connectivity index (χ1v) is 13.2. The minimum atomic E-state index is -0.278. The molecule has 0 saturated carbocycles. The third kappa shape index (κ3) is 4.75. The first-order valence-electron chi connectivity index (χ1n) is 10.4. The third-order valence-corrected chi connectivity index (χ3v) is 7.88. The van der Waals surface area contributed by atoms with Crippen molar-refractivity contribution in [1.82, 2.24) is 9.47 Å². The fraction of sp³-hybridized carbons (Fsp3) is 0.0769. The van der Waals surface area contributed by atoms with Crippen LogP contribution in [0.4, 0.5) is 4.79 Å². The zero-order valence-corrected chi connectivity index (χ0v) is 22.4. The number of nitrogens with zero attached hydrogens (tertiary/aromatic N) is 2. The Hall–Kier alpha value is -2.32. The smallest absolute Gasteiger partial charge is 0.293 e. The van der Waals surface area contributed by atoms with Crippen LogP contribution in [0.3, 0.4) is 0 Å². The van der Waals surface area contributed by atoms with E-state index in [2.05, 4.69) is 36.4 Å². The summed E-state index contributed by atoms with van der Waals surface area (Å²) in [6.45, 7) is 0.839. The number of halogens is 3. The van der Waals surface area contributed by atoms with E-state index in [1.165, 1.54) is 4.90 Å². The van der Waals surface area contributed by atoms with E-state index in [-0.39, 0.29) is 17.7 Å². The molecule has 1 aromatic heterocycles. The Kier molecular flexibility index (Phi) is 6.71. The van der Waals surface area contributed by atoms with Crippen LogP contribution in [0, 0.1) is 0 Å². The second-order valence-corrected chi connectivity index (χ2v) is 11.1. The van der Waals surface area contributed by atoms with Crippen molar-refractivity contribution in [3.63, 3.8) is 0 Å². The Morgan fingerprint density at radius 2 is 1.65 bits per heavy atom. The first-order chi connectivity index (χ1) is 16.4. The van der Waals surface area contributed by atoms with Crippen molar-refractivity contribution in [2.75, 3.05) is 0 Å². The second kappa shape index (κ2) is 9.74. The summed E-state index contributed by atoms with van der Waals surface area (Å²) in [4.78, 5) is 27.5. The molecule has 34 heavy (non-hydrogen) atoms. The molecule has 0 radical (unpaired) electrons. The fourth-order valence-corrected chi connectivity index (χ4v) is 5.55. The summed E-state index contributed by atoms with van der Waals surface area (Å²) in [5, 5.41) is 1.43. The predicted molar refractivity (Wildman–Crippen MR) is 146 cm³/mol. The second-order valence-electron chi connectivity index (χ2n) is 7.86. The Morgan fingerprint density at radius 3 is 2.41 bits per heavy atom. The summed E-state index contributed by atoms with van der Waals surface area (Å²) in [7, 11) is 0. The number of imide groups is 1. The highest BCUT2D eigenvalue weighted by molar-refractivity contribution is 9.10. The Balaban J connectivity index is 1.49.